The van der Waals surface area contributed by atoms with E-state index in [2.05, 4.69) is 15.3 Å². The predicted octanol–water partition coefficient (Wildman–Crippen LogP) is 5.32. The summed E-state index contributed by atoms with van der Waals surface area (Å²) in [5.41, 5.74) is 2.22. The molecule has 1 N–H and O–H groups in total. The number of hydrogen-bond acceptors (Lipinski definition) is 10. The second-order valence-electron chi connectivity index (χ2n) is 9.37. The number of alkyl halides is 2. The molecule has 11 nitrogen and oxygen atoms in total. The van der Waals surface area contributed by atoms with E-state index in [1.54, 1.807) is 18.0 Å². The highest BCUT2D eigenvalue weighted by Gasteiger charge is 2.24. The highest BCUT2D eigenvalue weighted by atomic mass is 32.2. The van der Waals surface area contributed by atoms with E-state index in [0.29, 0.717) is 18.8 Å². The summed E-state index contributed by atoms with van der Waals surface area (Å²) in [6.45, 7) is -2.11. The molecule has 14 heteroatoms. The Balaban J connectivity index is 1.74. The van der Waals surface area contributed by atoms with Crippen molar-refractivity contribution >= 4 is 46.0 Å². The van der Waals surface area contributed by atoms with Crippen LogP contribution in [0.15, 0.2) is 54.9 Å². The van der Waals surface area contributed by atoms with Gasteiger partial charge in [0.15, 0.2) is 5.75 Å². The van der Waals surface area contributed by atoms with Crippen molar-refractivity contribution in [1.29, 1.82) is 0 Å². The number of para-hydroxylation sites is 1. The van der Waals surface area contributed by atoms with Gasteiger partial charge in [-0.1, -0.05) is 18.2 Å². The first-order valence-corrected chi connectivity index (χ1v) is 13.0. The second kappa shape index (κ2) is 12.4. The summed E-state index contributed by atoms with van der Waals surface area (Å²) in [5, 5.41) is 15.8. The standard InChI is InChI=1S/C26H30F2N8O3S/c1-32(2)12-13-34(5)22-15-24(39-25(27)28)20(14-23(22)36(37)38)31-26-29-11-10-19(30-26)18-16-35(40-33(3)4)21-9-7-6-8-17(18)21/h6-11,14-16,25H,12-13H2,1-5H3,(H,29,30,31). The van der Waals surface area contributed by atoms with Crippen LogP contribution in [0.5, 0.6) is 5.75 Å². The maximum atomic E-state index is 13.4. The third kappa shape index (κ3) is 6.76. The molecule has 0 saturated carbocycles. The zero-order chi connectivity index (χ0) is 29.0. The van der Waals surface area contributed by atoms with Crippen LogP contribution in [0, 0.1) is 10.1 Å². The quantitative estimate of drug-likeness (QED) is 0.136. The Morgan fingerprint density at radius 3 is 2.55 bits per heavy atom. The van der Waals surface area contributed by atoms with E-state index in [0.717, 1.165) is 22.5 Å². The van der Waals surface area contributed by atoms with Crippen molar-refractivity contribution in [1.82, 2.24) is 23.1 Å². The SMILES string of the molecule is CN(C)CCN(C)c1cc(OC(F)F)c(Nc2nccc(-c3cn(SN(C)C)c4ccccc34)n2)cc1[N+](=O)[O-]. The van der Waals surface area contributed by atoms with Crippen LogP contribution in [0.25, 0.3) is 22.2 Å². The van der Waals surface area contributed by atoms with Crippen molar-refractivity contribution in [2.75, 3.05) is 58.5 Å². The van der Waals surface area contributed by atoms with Crippen LogP contribution in [0.4, 0.5) is 31.8 Å². The zero-order valence-corrected chi connectivity index (χ0v) is 23.5. The lowest BCUT2D eigenvalue weighted by molar-refractivity contribution is -0.384. The number of hydrogen-bond donors (Lipinski definition) is 1. The highest BCUT2D eigenvalue weighted by Crippen LogP contribution is 2.40. The van der Waals surface area contributed by atoms with Gasteiger partial charge in [0, 0.05) is 67.7 Å². The molecule has 0 atom stereocenters. The molecule has 0 radical (unpaired) electrons. The number of ether oxygens (including phenoxy) is 1. The fourth-order valence-electron chi connectivity index (χ4n) is 4.06. The molecule has 212 valence electrons. The van der Waals surface area contributed by atoms with Crippen LogP contribution in [-0.2, 0) is 0 Å². The Bertz CT molecular complexity index is 1500. The molecular weight excluding hydrogens is 542 g/mol. The molecule has 0 spiro atoms. The number of nitrogens with zero attached hydrogens (tertiary/aromatic N) is 7. The number of rotatable bonds is 12. The summed E-state index contributed by atoms with van der Waals surface area (Å²) in [5.74, 6) is -0.197. The van der Waals surface area contributed by atoms with E-state index in [4.69, 9.17) is 4.74 Å². The number of fused-ring (bicyclic) bond motifs is 1. The molecule has 0 bridgehead atoms. The monoisotopic (exact) mass is 572 g/mol. The summed E-state index contributed by atoms with van der Waals surface area (Å²) < 4.78 is 35.5. The van der Waals surface area contributed by atoms with Gasteiger partial charge in [0.2, 0.25) is 5.95 Å². The maximum absolute atomic E-state index is 13.4. The van der Waals surface area contributed by atoms with Gasteiger partial charge in [0.25, 0.3) is 5.69 Å². The molecule has 0 aliphatic heterocycles. The Kier molecular flexibility index (Phi) is 9.02. The van der Waals surface area contributed by atoms with Gasteiger partial charge in [-0.2, -0.15) is 8.78 Å². The molecule has 0 aliphatic carbocycles. The highest BCUT2D eigenvalue weighted by molar-refractivity contribution is 7.95. The molecule has 0 saturated heterocycles. The van der Waals surface area contributed by atoms with Crippen LogP contribution in [0.2, 0.25) is 0 Å². The summed E-state index contributed by atoms with van der Waals surface area (Å²) in [6, 6.07) is 12.0. The molecule has 2 aromatic carbocycles. The number of nitro groups is 1. The van der Waals surface area contributed by atoms with Gasteiger partial charge in [-0.25, -0.2) is 14.3 Å². The van der Waals surface area contributed by atoms with E-state index in [1.165, 1.54) is 24.4 Å². The van der Waals surface area contributed by atoms with Crippen molar-refractivity contribution in [3.05, 3.63) is 65.0 Å². The van der Waals surface area contributed by atoms with Crippen LogP contribution in [-0.4, -0.2) is 83.0 Å². The minimum atomic E-state index is -3.14. The van der Waals surface area contributed by atoms with E-state index in [1.807, 2.05) is 71.8 Å². The van der Waals surface area contributed by atoms with Gasteiger partial charge in [-0.3, -0.25) is 14.1 Å². The smallest absolute Gasteiger partial charge is 0.387 e. The van der Waals surface area contributed by atoms with E-state index < -0.39 is 11.5 Å². The number of anilines is 3. The summed E-state index contributed by atoms with van der Waals surface area (Å²) in [4.78, 5) is 23.8. The molecular formula is C26H30F2N8O3S. The maximum Gasteiger partial charge on any atom is 0.387 e. The lowest BCUT2D eigenvalue weighted by Gasteiger charge is -2.23. The third-order valence-corrected chi connectivity index (χ3v) is 6.70. The number of nitrogens with one attached hydrogen (secondary N) is 1. The summed E-state index contributed by atoms with van der Waals surface area (Å²) in [7, 11) is 9.27. The van der Waals surface area contributed by atoms with Gasteiger partial charge in [-0.15, -0.1) is 0 Å². The van der Waals surface area contributed by atoms with Crippen molar-refractivity contribution in [2.45, 2.75) is 6.61 Å². The first kappa shape index (κ1) is 29.0. The first-order valence-electron chi connectivity index (χ1n) is 12.2. The van der Waals surface area contributed by atoms with E-state index >= 15 is 0 Å². The van der Waals surface area contributed by atoms with Crippen LogP contribution in [0.3, 0.4) is 0 Å². The van der Waals surface area contributed by atoms with Gasteiger partial charge >= 0.3 is 6.61 Å². The average Bonchev–Trinajstić information content (AvgIpc) is 3.25. The van der Waals surface area contributed by atoms with Gasteiger partial charge in [0.1, 0.15) is 5.69 Å². The Morgan fingerprint density at radius 2 is 1.88 bits per heavy atom. The number of likely N-dealkylation sites (N-methyl/N-ethyl adjacent to an activating group) is 2. The molecule has 40 heavy (non-hydrogen) atoms. The van der Waals surface area contributed by atoms with Gasteiger partial charge in [0.05, 0.1) is 21.8 Å². The predicted molar refractivity (Wildman–Crippen MR) is 154 cm³/mol. The zero-order valence-electron chi connectivity index (χ0n) is 22.7. The van der Waals surface area contributed by atoms with E-state index in [9.17, 15) is 18.9 Å². The minimum Gasteiger partial charge on any atom is -0.433 e. The summed E-state index contributed by atoms with van der Waals surface area (Å²) in [6.07, 6.45) is 3.48. The van der Waals surface area contributed by atoms with Crippen molar-refractivity contribution in [3.63, 3.8) is 0 Å². The second-order valence-corrected chi connectivity index (χ2v) is 10.7. The largest absolute Gasteiger partial charge is 0.433 e. The number of halogens is 2. The van der Waals surface area contributed by atoms with Crippen molar-refractivity contribution < 1.29 is 18.4 Å². The lowest BCUT2D eigenvalue weighted by atomic mass is 10.1. The fourth-order valence-corrected chi connectivity index (χ4v) is 4.81. The van der Waals surface area contributed by atoms with E-state index in [-0.39, 0.29) is 28.8 Å². The van der Waals surface area contributed by atoms with Crippen LogP contribution in [0.1, 0.15) is 0 Å². The molecule has 0 amide bonds. The van der Waals surface area contributed by atoms with Gasteiger partial charge < -0.3 is 19.9 Å². The molecule has 2 aromatic heterocycles. The molecule has 2 heterocycles. The lowest BCUT2D eigenvalue weighted by Crippen LogP contribution is -2.29. The fraction of sp³-hybridized carbons (Fsp3) is 0.308. The number of nitro benzene ring substituents is 1. The molecule has 4 rings (SSSR count). The number of benzene rings is 2. The number of aromatic nitrogens is 3. The summed E-state index contributed by atoms with van der Waals surface area (Å²) >= 11 is 1.50. The molecule has 0 aliphatic rings. The van der Waals surface area contributed by atoms with Gasteiger partial charge in [-0.05, 0) is 40.3 Å². The molecule has 4 aromatic rings. The molecule has 0 unspecified atom stereocenters. The van der Waals surface area contributed by atoms with Crippen LogP contribution >= 0.6 is 12.1 Å². The Labute approximate surface area is 234 Å². The third-order valence-electron chi connectivity index (χ3n) is 5.89. The van der Waals surface area contributed by atoms with Crippen LogP contribution < -0.4 is 15.0 Å². The minimum absolute atomic E-state index is 0.0560. The molecule has 0 fully saturated rings. The topological polar surface area (TPSA) is 105 Å². The van der Waals surface area contributed by atoms with Crippen molar-refractivity contribution in [2.24, 2.45) is 0 Å². The first-order chi connectivity index (χ1) is 19.0. The Hall–Kier alpha value is -4.01. The average molecular weight is 573 g/mol. The normalized spacial score (nSPS) is 11.6. The Morgan fingerprint density at radius 1 is 1.12 bits per heavy atom. The van der Waals surface area contributed by atoms with Crippen molar-refractivity contribution in [3.8, 4) is 17.0 Å².